The summed E-state index contributed by atoms with van der Waals surface area (Å²) in [6, 6.07) is 0. The summed E-state index contributed by atoms with van der Waals surface area (Å²) in [6.07, 6.45) is 3.59. The van der Waals surface area contributed by atoms with Crippen molar-refractivity contribution in [2.75, 3.05) is 0 Å². The summed E-state index contributed by atoms with van der Waals surface area (Å²) >= 11 is 7.42. The zero-order valence-corrected chi connectivity index (χ0v) is 9.56. The third kappa shape index (κ3) is 1.55. The number of imidazole rings is 1. The molecule has 0 saturated heterocycles. The van der Waals surface area contributed by atoms with Gasteiger partial charge < -0.3 is 4.57 Å². The molecule has 0 amide bonds. The van der Waals surface area contributed by atoms with Crippen molar-refractivity contribution in [3.8, 4) is 10.7 Å². The lowest BCUT2D eigenvalue weighted by Gasteiger charge is -1.94. The van der Waals surface area contributed by atoms with E-state index in [2.05, 4.69) is 9.97 Å². The SMILES string of the molecule is Cc1nc(-c2cncn2C)sc1CCl. The fourth-order valence-corrected chi connectivity index (χ4v) is 2.55. The van der Waals surface area contributed by atoms with Gasteiger partial charge in [-0.25, -0.2) is 9.97 Å². The molecule has 2 aromatic heterocycles. The van der Waals surface area contributed by atoms with Gasteiger partial charge in [0.25, 0.3) is 0 Å². The molecule has 0 aliphatic carbocycles. The van der Waals surface area contributed by atoms with Gasteiger partial charge in [0, 0.05) is 11.9 Å². The Labute approximate surface area is 91.4 Å². The molecule has 0 saturated carbocycles. The fourth-order valence-electron chi connectivity index (χ4n) is 1.22. The van der Waals surface area contributed by atoms with Crippen molar-refractivity contribution < 1.29 is 0 Å². The first-order valence-corrected chi connectivity index (χ1v) is 5.56. The Kier molecular flexibility index (Phi) is 2.56. The number of hydrogen-bond acceptors (Lipinski definition) is 3. The van der Waals surface area contributed by atoms with Crippen LogP contribution in [-0.4, -0.2) is 14.5 Å². The molecule has 0 unspecified atom stereocenters. The Morgan fingerprint density at radius 3 is 2.86 bits per heavy atom. The van der Waals surface area contributed by atoms with Crippen LogP contribution in [0.5, 0.6) is 0 Å². The number of thiazole rings is 1. The summed E-state index contributed by atoms with van der Waals surface area (Å²) in [4.78, 5) is 9.65. The molecule has 5 heteroatoms. The van der Waals surface area contributed by atoms with Gasteiger partial charge in [-0.3, -0.25) is 0 Å². The van der Waals surface area contributed by atoms with Crippen molar-refractivity contribution in [1.82, 2.24) is 14.5 Å². The molecule has 0 aliphatic rings. The molecule has 0 fully saturated rings. The molecule has 3 nitrogen and oxygen atoms in total. The van der Waals surface area contributed by atoms with Crippen LogP contribution in [0.1, 0.15) is 10.6 Å². The Hall–Kier alpha value is -0.870. The van der Waals surface area contributed by atoms with Crippen LogP contribution in [0, 0.1) is 6.92 Å². The average molecular weight is 228 g/mol. The highest BCUT2D eigenvalue weighted by molar-refractivity contribution is 7.15. The van der Waals surface area contributed by atoms with Gasteiger partial charge in [0.15, 0.2) is 0 Å². The van der Waals surface area contributed by atoms with Gasteiger partial charge in [-0.1, -0.05) is 0 Å². The molecule has 14 heavy (non-hydrogen) atoms. The van der Waals surface area contributed by atoms with E-state index in [4.69, 9.17) is 11.6 Å². The highest BCUT2D eigenvalue weighted by atomic mass is 35.5. The van der Waals surface area contributed by atoms with Gasteiger partial charge in [0.1, 0.15) is 5.01 Å². The number of hydrogen-bond donors (Lipinski definition) is 0. The van der Waals surface area contributed by atoms with Gasteiger partial charge in [-0.2, -0.15) is 0 Å². The lowest BCUT2D eigenvalue weighted by molar-refractivity contribution is 0.919. The number of aromatic nitrogens is 3. The first-order chi connectivity index (χ1) is 6.72. The largest absolute Gasteiger partial charge is 0.332 e. The summed E-state index contributed by atoms with van der Waals surface area (Å²) < 4.78 is 1.95. The highest BCUT2D eigenvalue weighted by Gasteiger charge is 2.10. The molecular formula is C9H10ClN3S. The Bertz CT molecular complexity index is 447. The number of nitrogens with zero attached hydrogens (tertiary/aromatic N) is 3. The molecule has 0 aromatic carbocycles. The number of rotatable bonds is 2. The van der Waals surface area contributed by atoms with Crippen LogP contribution in [-0.2, 0) is 12.9 Å². The van der Waals surface area contributed by atoms with Gasteiger partial charge in [0.05, 0.1) is 29.8 Å². The number of aryl methyl sites for hydroxylation is 2. The second-order valence-electron chi connectivity index (χ2n) is 3.05. The first kappa shape index (κ1) is 9.68. The zero-order chi connectivity index (χ0) is 10.1. The molecule has 0 aliphatic heterocycles. The van der Waals surface area contributed by atoms with E-state index in [0.717, 1.165) is 21.3 Å². The van der Waals surface area contributed by atoms with Gasteiger partial charge in [0.2, 0.25) is 0 Å². The van der Waals surface area contributed by atoms with E-state index in [1.165, 1.54) is 0 Å². The zero-order valence-electron chi connectivity index (χ0n) is 7.99. The van der Waals surface area contributed by atoms with E-state index in [1.54, 1.807) is 17.7 Å². The fraction of sp³-hybridized carbons (Fsp3) is 0.333. The molecule has 74 valence electrons. The van der Waals surface area contributed by atoms with Gasteiger partial charge in [-0.15, -0.1) is 22.9 Å². The van der Waals surface area contributed by atoms with Gasteiger partial charge in [-0.05, 0) is 6.92 Å². The molecule has 2 heterocycles. The van der Waals surface area contributed by atoms with E-state index in [1.807, 2.05) is 24.7 Å². The van der Waals surface area contributed by atoms with Crippen molar-refractivity contribution in [1.29, 1.82) is 0 Å². The summed E-state index contributed by atoms with van der Waals surface area (Å²) in [7, 11) is 1.96. The van der Waals surface area contributed by atoms with Crippen LogP contribution in [0.25, 0.3) is 10.7 Å². The van der Waals surface area contributed by atoms with Crippen LogP contribution in [0.15, 0.2) is 12.5 Å². The van der Waals surface area contributed by atoms with Crippen LogP contribution in [0.2, 0.25) is 0 Å². The van der Waals surface area contributed by atoms with E-state index in [-0.39, 0.29) is 0 Å². The number of halogens is 1. The normalized spacial score (nSPS) is 10.8. The summed E-state index contributed by atoms with van der Waals surface area (Å²) in [6.45, 7) is 1.98. The van der Waals surface area contributed by atoms with Crippen molar-refractivity contribution in [3.05, 3.63) is 23.1 Å². The molecule has 0 spiro atoms. The quantitative estimate of drug-likeness (QED) is 0.739. The minimum atomic E-state index is 0.529. The molecule has 2 rings (SSSR count). The lowest BCUT2D eigenvalue weighted by Crippen LogP contribution is -1.88. The Morgan fingerprint density at radius 2 is 2.36 bits per heavy atom. The van der Waals surface area contributed by atoms with E-state index in [0.29, 0.717) is 5.88 Å². The van der Waals surface area contributed by atoms with Crippen LogP contribution in [0.4, 0.5) is 0 Å². The van der Waals surface area contributed by atoms with E-state index < -0.39 is 0 Å². The molecule has 0 atom stereocenters. The first-order valence-electron chi connectivity index (χ1n) is 4.21. The number of alkyl halides is 1. The maximum atomic E-state index is 5.79. The molecule has 2 aromatic rings. The van der Waals surface area contributed by atoms with E-state index in [9.17, 15) is 0 Å². The molecular weight excluding hydrogens is 218 g/mol. The van der Waals surface area contributed by atoms with Crippen molar-refractivity contribution >= 4 is 22.9 Å². The average Bonchev–Trinajstić information content (AvgIpc) is 2.71. The summed E-state index contributed by atoms with van der Waals surface area (Å²) in [5.41, 5.74) is 2.05. The van der Waals surface area contributed by atoms with Crippen molar-refractivity contribution in [2.24, 2.45) is 7.05 Å². The van der Waals surface area contributed by atoms with Crippen LogP contribution in [0.3, 0.4) is 0 Å². The highest BCUT2D eigenvalue weighted by Crippen LogP contribution is 2.28. The minimum absolute atomic E-state index is 0.529. The third-order valence-electron chi connectivity index (χ3n) is 2.05. The molecule has 0 N–H and O–H groups in total. The van der Waals surface area contributed by atoms with Crippen molar-refractivity contribution in [3.63, 3.8) is 0 Å². The third-order valence-corrected chi connectivity index (χ3v) is 3.66. The van der Waals surface area contributed by atoms with E-state index >= 15 is 0 Å². The van der Waals surface area contributed by atoms with Crippen molar-refractivity contribution in [2.45, 2.75) is 12.8 Å². The lowest BCUT2D eigenvalue weighted by atomic mass is 10.4. The molecule has 0 radical (unpaired) electrons. The smallest absolute Gasteiger partial charge is 0.142 e. The topological polar surface area (TPSA) is 30.7 Å². The second kappa shape index (κ2) is 3.71. The maximum Gasteiger partial charge on any atom is 0.142 e. The van der Waals surface area contributed by atoms with Crippen LogP contribution >= 0.6 is 22.9 Å². The second-order valence-corrected chi connectivity index (χ2v) is 4.40. The minimum Gasteiger partial charge on any atom is -0.332 e. The molecule has 0 bridgehead atoms. The standard InChI is InChI=1S/C9H10ClN3S/c1-6-8(3-10)14-9(12-6)7-4-11-5-13(7)2/h4-5H,3H2,1-2H3. The van der Waals surface area contributed by atoms with Gasteiger partial charge >= 0.3 is 0 Å². The maximum absolute atomic E-state index is 5.79. The predicted molar refractivity (Wildman–Crippen MR) is 58.6 cm³/mol. The monoisotopic (exact) mass is 227 g/mol. The Balaban J connectivity index is 2.47. The summed E-state index contributed by atoms with van der Waals surface area (Å²) in [5.74, 6) is 0.529. The Morgan fingerprint density at radius 1 is 1.57 bits per heavy atom. The summed E-state index contributed by atoms with van der Waals surface area (Å²) in [5, 5.41) is 0.984. The predicted octanol–water partition coefficient (Wildman–Crippen LogP) is 2.59. The van der Waals surface area contributed by atoms with Crippen LogP contribution < -0.4 is 0 Å².